The number of rotatable bonds is 1. The van der Waals surface area contributed by atoms with Gasteiger partial charge in [0.05, 0.1) is 10.0 Å². The van der Waals surface area contributed by atoms with Crippen LogP contribution in [0.3, 0.4) is 0 Å². The van der Waals surface area contributed by atoms with E-state index in [9.17, 15) is 0 Å². The summed E-state index contributed by atoms with van der Waals surface area (Å²) in [4.78, 5) is 4.45. The Bertz CT molecular complexity index is 737. The van der Waals surface area contributed by atoms with Gasteiger partial charge in [0.25, 0.3) is 0 Å². The van der Waals surface area contributed by atoms with Crippen molar-refractivity contribution in [3.05, 3.63) is 45.3 Å². The molecule has 90 valence electrons. The van der Waals surface area contributed by atoms with Gasteiger partial charge in [-0.25, -0.2) is 4.98 Å². The van der Waals surface area contributed by atoms with Gasteiger partial charge >= 0.3 is 0 Å². The van der Waals surface area contributed by atoms with Gasteiger partial charge in [0, 0.05) is 10.2 Å². The van der Waals surface area contributed by atoms with Crippen LogP contribution in [0.25, 0.3) is 22.6 Å². The van der Waals surface area contributed by atoms with Crippen LogP contribution in [-0.2, 0) is 0 Å². The van der Waals surface area contributed by atoms with Crippen molar-refractivity contribution in [2.24, 2.45) is 0 Å². The number of nitrogen functional groups attached to an aromatic ring is 1. The normalized spacial score (nSPS) is 11.0. The maximum absolute atomic E-state index is 5.95. The van der Waals surface area contributed by atoms with E-state index in [1.54, 1.807) is 0 Å². The number of para-hydroxylation sites is 1. The number of hydrogen-bond donors (Lipinski definition) is 1. The van der Waals surface area contributed by atoms with Crippen LogP contribution in [0, 0.1) is 0 Å². The van der Waals surface area contributed by atoms with Crippen molar-refractivity contribution in [1.29, 1.82) is 0 Å². The highest BCUT2D eigenvalue weighted by Crippen LogP contribution is 2.33. The van der Waals surface area contributed by atoms with Crippen molar-refractivity contribution in [1.82, 2.24) is 4.98 Å². The maximum Gasteiger partial charge on any atom is 0.229 e. The molecule has 0 aliphatic heterocycles. The molecule has 0 radical (unpaired) electrons. The number of hydrogen-bond acceptors (Lipinski definition) is 3. The van der Waals surface area contributed by atoms with Crippen LogP contribution < -0.4 is 5.73 Å². The van der Waals surface area contributed by atoms with Crippen LogP contribution in [0.4, 0.5) is 5.69 Å². The zero-order chi connectivity index (χ0) is 12.7. The number of oxazole rings is 1. The molecular formula is C13H8Br2N2O. The number of anilines is 1. The minimum absolute atomic E-state index is 0.524. The molecule has 3 rings (SSSR count). The second-order valence-corrected chi connectivity index (χ2v) is 5.61. The Kier molecular flexibility index (Phi) is 2.87. The Balaban J connectivity index is 2.26. The summed E-state index contributed by atoms with van der Waals surface area (Å²) in [7, 11) is 0. The van der Waals surface area contributed by atoms with E-state index in [4.69, 9.17) is 10.2 Å². The van der Waals surface area contributed by atoms with Crippen molar-refractivity contribution in [2.45, 2.75) is 0 Å². The average Bonchev–Trinajstić information content (AvgIpc) is 2.77. The van der Waals surface area contributed by atoms with Gasteiger partial charge in [0.1, 0.15) is 5.52 Å². The molecule has 0 aliphatic rings. The van der Waals surface area contributed by atoms with Gasteiger partial charge in [-0.2, -0.15) is 0 Å². The molecule has 0 spiro atoms. The summed E-state index contributed by atoms with van der Waals surface area (Å²) >= 11 is 6.86. The first kappa shape index (κ1) is 11.7. The van der Waals surface area contributed by atoms with Gasteiger partial charge in [0.2, 0.25) is 5.89 Å². The van der Waals surface area contributed by atoms with Crippen LogP contribution in [-0.4, -0.2) is 4.98 Å². The van der Waals surface area contributed by atoms with E-state index in [0.717, 1.165) is 25.6 Å². The highest BCUT2D eigenvalue weighted by Gasteiger charge is 2.12. The summed E-state index contributed by atoms with van der Waals surface area (Å²) < 4.78 is 7.58. The number of halogens is 2. The van der Waals surface area contributed by atoms with E-state index in [1.807, 2.05) is 36.4 Å². The molecule has 3 nitrogen and oxygen atoms in total. The van der Waals surface area contributed by atoms with Crippen LogP contribution in [0.15, 0.2) is 49.8 Å². The molecule has 0 unspecified atom stereocenters. The van der Waals surface area contributed by atoms with Gasteiger partial charge in [-0.3, -0.25) is 0 Å². The van der Waals surface area contributed by atoms with E-state index in [0.29, 0.717) is 11.6 Å². The quantitative estimate of drug-likeness (QED) is 0.639. The number of nitrogens with zero attached hydrogens (tertiary/aromatic N) is 1. The lowest BCUT2D eigenvalue weighted by Gasteiger charge is -2.01. The lowest BCUT2D eigenvalue weighted by Crippen LogP contribution is -1.89. The molecular weight excluding hydrogens is 360 g/mol. The van der Waals surface area contributed by atoms with E-state index in [-0.39, 0.29) is 0 Å². The van der Waals surface area contributed by atoms with E-state index in [2.05, 4.69) is 36.8 Å². The number of aromatic nitrogens is 1. The van der Waals surface area contributed by atoms with Crippen molar-refractivity contribution in [3.63, 3.8) is 0 Å². The molecule has 0 amide bonds. The first-order valence-electron chi connectivity index (χ1n) is 5.25. The van der Waals surface area contributed by atoms with Crippen LogP contribution >= 0.6 is 31.9 Å². The largest absolute Gasteiger partial charge is 0.435 e. The molecule has 2 aromatic carbocycles. The maximum atomic E-state index is 5.95. The zero-order valence-corrected chi connectivity index (χ0v) is 12.3. The Morgan fingerprint density at radius 2 is 1.94 bits per heavy atom. The summed E-state index contributed by atoms with van der Waals surface area (Å²) in [5, 5.41) is 0. The van der Waals surface area contributed by atoms with Gasteiger partial charge < -0.3 is 10.2 Å². The third-order valence-corrected chi connectivity index (χ3v) is 3.73. The van der Waals surface area contributed by atoms with E-state index >= 15 is 0 Å². The first-order valence-corrected chi connectivity index (χ1v) is 6.84. The molecule has 0 fully saturated rings. The molecule has 18 heavy (non-hydrogen) atoms. The van der Waals surface area contributed by atoms with Crippen molar-refractivity contribution in [2.75, 3.05) is 5.73 Å². The number of nitrogens with two attached hydrogens (primary N) is 1. The van der Waals surface area contributed by atoms with Crippen molar-refractivity contribution < 1.29 is 4.42 Å². The second kappa shape index (κ2) is 4.40. The number of benzene rings is 2. The summed E-state index contributed by atoms with van der Waals surface area (Å²) in [6.45, 7) is 0. The average molecular weight is 368 g/mol. The predicted molar refractivity (Wildman–Crippen MR) is 79.3 cm³/mol. The first-order chi connectivity index (χ1) is 8.65. The van der Waals surface area contributed by atoms with Crippen LogP contribution in [0.2, 0.25) is 0 Å². The molecule has 0 saturated heterocycles. The fourth-order valence-corrected chi connectivity index (χ4v) is 2.54. The highest BCUT2D eigenvalue weighted by molar-refractivity contribution is 9.11. The lowest BCUT2D eigenvalue weighted by molar-refractivity contribution is 0.618. The van der Waals surface area contributed by atoms with Gasteiger partial charge in [-0.15, -0.1) is 0 Å². The Morgan fingerprint density at radius 1 is 1.11 bits per heavy atom. The Labute approximate surface area is 120 Å². The molecule has 3 aromatic rings. The molecule has 5 heteroatoms. The zero-order valence-electron chi connectivity index (χ0n) is 9.15. The van der Waals surface area contributed by atoms with Gasteiger partial charge in [0.15, 0.2) is 5.58 Å². The predicted octanol–water partition coefficient (Wildman–Crippen LogP) is 4.60. The van der Waals surface area contributed by atoms with Gasteiger partial charge in [-0.1, -0.05) is 22.0 Å². The minimum atomic E-state index is 0.524. The molecule has 0 atom stereocenters. The lowest BCUT2D eigenvalue weighted by atomic mass is 10.2. The Morgan fingerprint density at radius 3 is 2.72 bits per heavy atom. The van der Waals surface area contributed by atoms with E-state index < -0.39 is 0 Å². The Hall–Kier alpha value is -1.33. The summed E-state index contributed by atoms with van der Waals surface area (Å²) in [6, 6.07) is 11.3. The third-order valence-electron chi connectivity index (χ3n) is 2.61. The summed E-state index contributed by atoms with van der Waals surface area (Å²) in [5.41, 5.74) is 8.91. The number of fused-ring (bicyclic) bond motifs is 1. The molecule has 0 saturated carbocycles. The fraction of sp³-hybridized carbons (Fsp3) is 0. The summed E-state index contributed by atoms with van der Waals surface area (Å²) in [5.74, 6) is 0.524. The molecule has 0 bridgehead atoms. The molecule has 1 aromatic heterocycles. The smallest absolute Gasteiger partial charge is 0.229 e. The monoisotopic (exact) mass is 366 g/mol. The molecule has 2 N–H and O–H groups in total. The third kappa shape index (κ3) is 1.93. The second-order valence-electron chi connectivity index (χ2n) is 3.84. The van der Waals surface area contributed by atoms with Gasteiger partial charge in [-0.05, 0) is 46.3 Å². The fourth-order valence-electron chi connectivity index (χ4n) is 1.74. The topological polar surface area (TPSA) is 52.0 Å². The highest BCUT2D eigenvalue weighted by atomic mass is 79.9. The SMILES string of the molecule is Nc1ccc(Br)cc1-c1nc2cccc(Br)c2o1. The van der Waals surface area contributed by atoms with Crippen LogP contribution in [0.5, 0.6) is 0 Å². The van der Waals surface area contributed by atoms with Crippen LogP contribution in [0.1, 0.15) is 0 Å². The molecule has 0 aliphatic carbocycles. The standard InChI is InChI=1S/C13H8Br2N2O/c14-7-4-5-10(16)8(6-7)13-17-11-3-1-2-9(15)12(11)18-13/h1-6H,16H2. The van der Waals surface area contributed by atoms with Crippen molar-refractivity contribution in [3.8, 4) is 11.5 Å². The minimum Gasteiger partial charge on any atom is -0.435 e. The van der Waals surface area contributed by atoms with E-state index in [1.165, 1.54) is 0 Å². The molecule has 1 heterocycles. The summed E-state index contributed by atoms with van der Waals surface area (Å²) in [6.07, 6.45) is 0. The van der Waals surface area contributed by atoms with Crippen molar-refractivity contribution >= 4 is 48.6 Å².